The van der Waals surface area contributed by atoms with Crippen LogP contribution in [0.2, 0.25) is 10.0 Å². The van der Waals surface area contributed by atoms with Gasteiger partial charge in [-0.15, -0.1) is 11.3 Å². The standard InChI is InChI=1S/C25H20Cl2N2O2S/c1-29(14-17-6-3-2-4-7-17)25(30)23-16-32-24(28-23)18-8-5-9-21(12-18)31-15-19-10-11-20(26)13-22(19)27/h2-13,16H,14-15H2,1H3. The first-order chi connectivity index (χ1) is 15.5. The topological polar surface area (TPSA) is 42.4 Å². The van der Waals surface area contributed by atoms with Gasteiger partial charge in [0.25, 0.3) is 5.91 Å². The number of aromatic nitrogens is 1. The van der Waals surface area contributed by atoms with Gasteiger partial charge in [-0.1, -0.05) is 71.7 Å². The molecule has 0 N–H and O–H groups in total. The molecule has 1 amide bonds. The lowest BCUT2D eigenvalue weighted by molar-refractivity contribution is 0.0780. The molecule has 1 aromatic heterocycles. The van der Waals surface area contributed by atoms with E-state index in [4.69, 9.17) is 27.9 Å². The predicted octanol–water partition coefficient (Wildman–Crippen LogP) is 6.97. The summed E-state index contributed by atoms with van der Waals surface area (Å²) in [6, 6.07) is 22.8. The third kappa shape index (κ3) is 5.49. The fourth-order valence-electron chi connectivity index (χ4n) is 3.15. The second-order valence-corrected chi connectivity index (χ2v) is 8.94. The Labute approximate surface area is 201 Å². The van der Waals surface area contributed by atoms with Crippen molar-refractivity contribution >= 4 is 40.4 Å². The molecule has 0 aliphatic heterocycles. The summed E-state index contributed by atoms with van der Waals surface area (Å²) in [5, 5.41) is 3.71. The van der Waals surface area contributed by atoms with Crippen LogP contribution in [0.15, 0.2) is 78.2 Å². The van der Waals surface area contributed by atoms with Crippen LogP contribution < -0.4 is 4.74 Å². The number of benzene rings is 3. The molecule has 3 aromatic carbocycles. The van der Waals surface area contributed by atoms with Gasteiger partial charge >= 0.3 is 0 Å². The SMILES string of the molecule is CN(Cc1ccccc1)C(=O)c1csc(-c2cccc(OCc3ccc(Cl)cc3Cl)c2)n1. The number of carbonyl (C=O) groups excluding carboxylic acids is 1. The molecule has 32 heavy (non-hydrogen) atoms. The third-order valence-electron chi connectivity index (χ3n) is 4.82. The Hall–Kier alpha value is -2.86. The first-order valence-electron chi connectivity index (χ1n) is 9.91. The summed E-state index contributed by atoms with van der Waals surface area (Å²) < 4.78 is 5.91. The van der Waals surface area contributed by atoms with Crippen LogP contribution >= 0.6 is 34.5 Å². The van der Waals surface area contributed by atoms with Crippen molar-refractivity contribution in [3.05, 3.63) is 105 Å². The Bertz CT molecular complexity index is 1230. The van der Waals surface area contributed by atoms with Crippen LogP contribution in [0.4, 0.5) is 0 Å². The number of rotatable bonds is 7. The van der Waals surface area contributed by atoms with Crippen LogP contribution in [0.3, 0.4) is 0 Å². The highest BCUT2D eigenvalue weighted by Gasteiger charge is 2.16. The van der Waals surface area contributed by atoms with Gasteiger partial charge in [0.1, 0.15) is 23.1 Å². The molecule has 162 valence electrons. The highest BCUT2D eigenvalue weighted by atomic mass is 35.5. The van der Waals surface area contributed by atoms with E-state index in [0.29, 0.717) is 34.6 Å². The lowest BCUT2D eigenvalue weighted by atomic mass is 10.2. The fraction of sp³-hybridized carbons (Fsp3) is 0.120. The Morgan fingerprint density at radius 3 is 2.62 bits per heavy atom. The van der Waals surface area contributed by atoms with Gasteiger partial charge in [-0.2, -0.15) is 0 Å². The van der Waals surface area contributed by atoms with Gasteiger partial charge in [-0.25, -0.2) is 4.98 Å². The molecule has 4 aromatic rings. The van der Waals surface area contributed by atoms with Crippen molar-refractivity contribution in [3.8, 4) is 16.3 Å². The van der Waals surface area contributed by atoms with Crippen molar-refractivity contribution in [3.63, 3.8) is 0 Å². The van der Waals surface area contributed by atoms with E-state index < -0.39 is 0 Å². The van der Waals surface area contributed by atoms with Crippen LogP contribution in [0.25, 0.3) is 10.6 Å². The van der Waals surface area contributed by atoms with Gasteiger partial charge in [0, 0.05) is 40.1 Å². The van der Waals surface area contributed by atoms with Crippen molar-refractivity contribution in [1.82, 2.24) is 9.88 Å². The third-order valence-corrected chi connectivity index (χ3v) is 6.30. The number of amides is 1. The molecule has 0 radical (unpaired) electrons. The number of thiazole rings is 1. The van der Waals surface area contributed by atoms with E-state index in [1.165, 1.54) is 11.3 Å². The van der Waals surface area contributed by atoms with E-state index >= 15 is 0 Å². The lowest BCUT2D eigenvalue weighted by Gasteiger charge is -2.15. The van der Waals surface area contributed by atoms with Gasteiger partial charge in [-0.05, 0) is 29.8 Å². The molecule has 4 nitrogen and oxygen atoms in total. The molecule has 0 unspecified atom stereocenters. The van der Waals surface area contributed by atoms with Crippen molar-refractivity contribution < 1.29 is 9.53 Å². The molecule has 0 saturated heterocycles. The van der Waals surface area contributed by atoms with Crippen LogP contribution in [-0.4, -0.2) is 22.8 Å². The van der Waals surface area contributed by atoms with E-state index in [1.54, 1.807) is 29.5 Å². The highest BCUT2D eigenvalue weighted by Crippen LogP contribution is 2.29. The summed E-state index contributed by atoms with van der Waals surface area (Å²) in [7, 11) is 1.78. The normalized spacial score (nSPS) is 10.7. The molecular formula is C25H20Cl2N2O2S. The van der Waals surface area contributed by atoms with E-state index in [0.717, 1.165) is 21.7 Å². The highest BCUT2D eigenvalue weighted by molar-refractivity contribution is 7.13. The molecule has 0 aliphatic carbocycles. The number of halogens is 2. The molecule has 7 heteroatoms. The summed E-state index contributed by atoms with van der Waals surface area (Å²) in [6.07, 6.45) is 0. The van der Waals surface area contributed by atoms with Gasteiger partial charge in [-0.3, -0.25) is 4.79 Å². The van der Waals surface area contributed by atoms with Crippen molar-refractivity contribution in [2.75, 3.05) is 7.05 Å². The maximum atomic E-state index is 12.8. The first kappa shape index (κ1) is 22.3. The zero-order valence-electron chi connectivity index (χ0n) is 17.3. The molecular weight excluding hydrogens is 463 g/mol. The Kier molecular flexibility index (Phi) is 7.10. The average molecular weight is 483 g/mol. The number of nitrogens with zero attached hydrogens (tertiary/aromatic N) is 2. The lowest BCUT2D eigenvalue weighted by Crippen LogP contribution is -2.26. The molecule has 0 aliphatic rings. The largest absolute Gasteiger partial charge is 0.489 e. The van der Waals surface area contributed by atoms with E-state index in [1.807, 2.05) is 60.7 Å². The molecule has 0 fully saturated rings. The molecule has 0 bridgehead atoms. The summed E-state index contributed by atoms with van der Waals surface area (Å²) in [4.78, 5) is 19.0. The number of hydrogen-bond donors (Lipinski definition) is 0. The van der Waals surface area contributed by atoms with Crippen molar-refractivity contribution in [1.29, 1.82) is 0 Å². The van der Waals surface area contributed by atoms with Gasteiger partial charge in [0.2, 0.25) is 0 Å². The Balaban J connectivity index is 1.44. The van der Waals surface area contributed by atoms with Gasteiger partial charge in [0.15, 0.2) is 0 Å². The Morgan fingerprint density at radius 1 is 1.03 bits per heavy atom. The molecule has 4 rings (SSSR count). The molecule has 0 atom stereocenters. The van der Waals surface area contributed by atoms with E-state index in [2.05, 4.69) is 4.98 Å². The van der Waals surface area contributed by atoms with Gasteiger partial charge < -0.3 is 9.64 Å². The minimum Gasteiger partial charge on any atom is -0.489 e. The number of hydrogen-bond acceptors (Lipinski definition) is 4. The summed E-state index contributed by atoms with van der Waals surface area (Å²) in [5.41, 5.74) is 3.25. The van der Waals surface area contributed by atoms with Crippen molar-refractivity contribution in [2.45, 2.75) is 13.2 Å². The van der Waals surface area contributed by atoms with E-state index in [-0.39, 0.29) is 5.91 Å². The fourth-order valence-corrected chi connectivity index (χ4v) is 4.40. The summed E-state index contributed by atoms with van der Waals surface area (Å²) in [6.45, 7) is 0.856. The smallest absolute Gasteiger partial charge is 0.273 e. The average Bonchev–Trinajstić information content (AvgIpc) is 3.29. The second kappa shape index (κ2) is 10.2. The van der Waals surface area contributed by atoms with Gasteiger partial charge in [0.05, 0.1) is 0 Å². The minimum absolute atomic E-state index is 0.110. The predicted molar refractivity (Wildman–Crippen MR) is 131 cm³/mol. The zero-order valence-corrected chi connectivity index (χ0v) is 19.6. The number of ether oxygens (including phenoxy) is 1. The Morgan fingerprint density at radius 2 is 1.84 bits per heavy atom. The van der Waals surface area contributed by atoms with Crippen LogP contribution in [0.1, 0.15) is 21.6 Å². The first-order valence-corrected chi connectivity index (χ1v) is 11.6. The number of carbonyl (C=O) groups is 1. The van der Waals surface area contributed by atoms with Crippen molar-refractivity contribution in [2.24, 2.45) is 0 Å². The maximum absolute atomic E-state index is 12.8. The summed E-state index contributed by atoms with van der Waals surface area (Å²) >= 11 is 13.6. The van der Waals surface area contributed by atoms with Crippen LogP contribution in [0.5, 0.6) is 5.75 Å². The molecule has 0 saturated carbocycles. The molecule has 1 heterocycles. The molecule has 0 spiro atoms. The zero-order chi connectivity index (χ0) is 22.5. The maximum Gasteiger partial charge on any atom is 0.273 e. The van der Waals surface area contributed by atoms with E-state index in [9.17, 15) is 4.79 Å². The van der Waals surface area contributed by atoms with Crippen LogP contribution in [-0.2, 0) is 13.2 Å². The quantitative estimate of drug-likeness (QED) is 0.285. The second-order valence-electron chi connectivity index (χ2n) is 7.24. The monoisotopic (exact) mass is 482 g/mol. The van der Waals surface area contributed by atoms with Crippen LogP contribution in [0, 0.1) is 0 Å². The summed E-state index contributed by atoms with van der Waals surface area (Å²) in [5.74, 6) is 0.582. The minimum atomic E-state index is -0.110.